The summed E-state index contributed by atoms with van der Waals surface area (Å²) >= 11 is 0. The van der Waals surface area contributed by atoms with Crippen molar-refractivity contribution in [3.8, 4) is 0 Å². The minimum atomic E-state index is -1.05. The Hall–Kier alpha value is -2.57. The number of aliphatic hydroxyl groups excluding tert-OH is 2. The summed E-state index contributed by atoms with van der Waals surface area (Å²) in [5.74, 6) is -1.05. The molecule has 2 aromatic rings. The Kier molecular flexibility index (Phi) is 5.56. The lowest BCUT2D eigenvalue weighted by Crippen LogP contribution is -2.23. The molecule has 0 saturated carbocycles. The van der Waals surface area contributed by atoms with E-state index in [4.69, 9.17) is 5.11 Å². The van der Waals surface area contributed by atoms with Gasteiger partial charge in [0.25, 0.3) is 0 Å². The zero-order valence-corrected chi connectivity index (χ0v) is 12.8. The van der Waals surface area contributed by atoms with Crippen LogP contribution in [0.1, 0.15) is 15.9 Å². The lowest BCUT2D eigenvalue weighted by Gasteiger charge is -2.17. The first-order chi connectivity index (χ1) is 11.0. The van der Waals surface area contributed by atoms with Crippen LogP contribution >= 0.6 is 0 Å². The number of benzene rings is 2. The molecule has 2 aromatic carbocycles. The Balaban J connectivity index is 2.32. The van der Waals surface area contributed by atoms with Gasteiger partial charge in [0.2, 0.25) is 0 Å². The van der Waals surface area contributed by atoms with Crippen LogP contribution in [0.5, 0.6) is 0 Å². The van der Waals surface area contributed by atoms with Crippen molar-refractivity contribution in [1.29, 1.82) is 0 Å². The molecule has 0 aliphatic carbocycles. The highest BCUT2D eigenvalue weighted by atomic mass is 16.4. The van der Waals surface area contributed by atoms with E-state index in [1.165, 1.54) is 6.07 Å². The van der Waals surface area contributed by atoms with E-state index in [0.29, 0.717) is 11.4 Å². The van der Waals surface area contributed by atoms with Gasteiger partial charge in [-0.3, -0.25) is 0 Å². The van der Waals surface area contributed by atoms with Crippen LogP contribution in [0.15, 0.2) is 42.5 Å². The van der Waals surface area contributed by atoms with Crippen molar-refractivity contribution in [3.63, 3.8) is 0 Å². The summed E-state index contributed by atoms with van der Waals surface area (Å²) in [5, 5.41) is 33.8. The molecule has 0 bridgehead atoms. The number of hydrogen-bond acceptors (Lipinski definition) is 5. The normalized spacial score (nSPS) is 11.8. The molecule has 0 fully saturated rings. The standard InChI is InChI=1S/C17H20N2O4/c1-11-5-7-12(8-6-11)19-16-14(17(22)23)3-2-4-15(16)18-9-13(21)10-20/h2-8,13,18-21H,9-10H2,1H3,(H,22,23). The molecule has 1 unspecified atom stereocenters. The number of rotatable bonds is 7. The highest BCUT2D eigenvalue weighted by Gasteiger charge is 2.15. The molecule has 6 nitrogen and oxygen atoms in total. The van der Waals surface area contributed by atoms with Gasteiger partial charge in [-0.2, -0.15) is 0 Å². The zero-order valence-electron chi connectivity index (χ0n) is 12.8. The SMILES string of the molecule is Cc1ccc(Nc2c(NCC(O)CO)cccc2C(=O)O)cc1. The zero-order chi connectivity index (χ0) is 16.8. The van der Waals surface area contributed by atoms with Gasteiger partial charge in [0, 0.05) is 12.2 Å². The maximum atomic E-state index is 11.5. The Labute approximate surface area is 134 Å². The van der Waals surface area contributed by atoms with E-state index in [1.807, 2.05) is 31.2 Å². The van der Waals surface area contributed by atoms with E-state index in [2.05, 4.69) is 10.6 Å². The number of aromatic carboxylic acids is 1. The number of carboxylic acid groups (broad SMARTS) is 1. The first-order valence-corrected chi connectivity index (χ1v) is 7.24. The van der Waals surface area contributed by atoms with E-state index < -0.39 is 12.1 Å². The van der Waals surface area contributed by atoms with E-state index in [9.17, 15) is 15.0 Å². The summed E-state index contributed by atoms with van der Waals surface area (Å²) in [7, 11) is 0. The minimum absolute atomic E-state index is 0.113. The topological polar surface area (TPSA) is 102 Å². The summed E-state index contributed by atoms with van der Waals surface area (Å²) in [6, 6.07) is 12.4. The van der Waals surface area contributed by atoms with Crippen LogP contribution in [-0.4, -0.2) is 40.5 Å². The molecule has 6 heteroatoms. The van der Waals surface area contributed by atoms with Gasteiger partial charge in [0.05, 0.1) is 29.6 Å². The number of para-hydroxylation sites is 1. The molecule has 0 aliphatic heterocycles. The maximum Gasteiger partial charge on any atom is 0.337 e. The van der Waals surface area contributed by atoms with Crippen molar-refractivity contribution in [2.45, 2.75) is 13.0 Å². The third-order valence-electron chi connectivity index (χ3n) is 3.35. The Morgan fingerprint density at radius 2 is 1.87 bits per heavy atom. The molecule has 0 amide bonds. The third kappa shape index (κ3) is 4.45. The summed E-state index contributed by atoms with van der Waals surface area (Å²) in [6.07, 6.45) is -0.921. The van der Waals surface area contributed by atoms with Crippen molar-refractivity contribution in [2.75, 3.05) is 23.8 Å². The van der Waals surface area contributed by atoms with Crippen LogP contribution in [0.4, 0.5) is 17.1 Å². The van der Waals surface area contributed by atoms with Crippen LogP contribution in [0.2, 0.25) is 0 Å². The van der Waals surface area contributed by atoms with Gasteiger partial charge >= 0.3 is 5.97 Å². The molecular formula is C17H20N2O4. The van der Waals surface area contributed by atoms with E-state index in [1.54, 1.807) is 12.1 Å². The van der Waals surface area contributed by atoms with Gasteiger partial charge in [0.15, 0.2) is 0 Å². The van der Waals surface area contributed by atoms with Gasteiger partial charge in [-0.15, -0.1) is 0 Å². The van der Waals surface area contributed by atoms with E-state index >= 15 is 0 Å². The lowest BCUT2D eigenvalue weighted by molar-refractivity contribution is 0.0698. The second-order valence-electron chi connectivity index (χ2n) is 5.24. The average Bonchev–Trinajstić information content (AvgIpc) is 2.55. The summed E-state index contributed by atoms with van der Waals surface area (Å²) in [6.45, 7) is 1.72. The number of nitrogens with one attached hydrogen (secondary N) is 2. The highest BCUT2D eigenvalue weighted by Crippen LogP contribution is 2.30. The lowest BCUT2D eigenvalue weighted by atomic mass is 10.1. The summed E-state index contributed by atoms with van der Waals surface area (Å²) in [4.78, 5) is 11.5. The number of carboxylic acids is 1. The monoisotopic (exact) mass is 316 g/mol. The van der Waals surface area contributed by atoms with Crippen LogP contribution in [0.25, 0.3) is 0 Å². The predicted octanol–water partition coefficient (Wildman–Crippen LogP) is 2.20. The molecule has 23 heavy (non-hydrogen) atoms. The molecule has 5 N–H and O–H groups in total. The van der Waals surface area contributed by atoms with Crippen LogP contribution < -0.4 is 10.6 Å². The molecule has 122 valence electrons. The quantitative estimate of drug-likeness (QED) is 0.537. The van der Waals surface area contributed by atoms with Gasteiger partial charge in [-0.05, 0) is 31.2 Å². The minimum Gasteiger partial charge on any atom is -0.478 e. The van der Waals surface area contributed by atoms with Gasteiger partial charge in [-0.1, -0.05) is 23.8 Å². The molecular weight excluding hydrogens is 296 g/mol. The van der Waals surface area contributed by atoms with Crippen molar-refractivity contribution in [2.24, 2.45) is 0 Å². The molecule has 0 saturated heterocycles. The van der Waals surface area contributed by atoms with Gasteiger partial charge < -0.3 is 26.0 Å². The Morgan fingerprint density at radius 3 is 2.48 bits per heavy atom. The largest absolute Gasteiger partial charge is 0.478 e. The smallest absolute Gasteiger partial charge is 0.337 e. The molecule has 0 spiro atoms. The summed E-state index contributed by atoms with van der Waals surface area (Å²) in [5.41, 5.74) is 2.93. The van der Waals surface area contributed by atoms with Crippen molar-refractivity contribution in [3.05, 3.63) is 53.6 Å². The van der Waals surface area contributed by atoms with Crippen molar-refractivity contribution >= 4 is 23.0 Å². The first-order valence-electron chi connectivity index (χ1n) is 7.24. The first kappa shape index (κ1) is 16.8. The van der Waals surface area contributed by atoms with Crippen molar-refractivity contribution in [1.82, 2.24) is 0 Å². The molecule has 2 rings (SSSR count). The van der Waals surface area contributed by atoms with E-state index in [0.717, 1.165) is 11.3 Å². The average molecular weight is 316 g/mol. The molecule has 0 heterocycles. The molecule has 1 atom stereocenters. The molecule has 0 aliphatic rings. The Morgan fingerprint density at radius 1 is 1.17 bits per heavy atom. The fourth-order valence-electron chi connectivity index (χ4n) is 2.09. The van der Waals surface area contributed by atoms with E-state index in [-0.39, 0.29) is 18.7 Å². The molecule has 0 radical (unpaired) electrons. The van der Waals surface area contributed by atoms with Gasteiger partial charge in [-0.25, -0.2) is 4.79 Å². The second-order valence-corrected chi connectivity index (χ2v) is 5.24. The summed E-state index contributed by atoms with van der Waals surface area (Å²) < 4.78 is 0. The fraction of sp³-hybridized carbons (Fsp3) is 0.235. The number of aryl methyl sites for hydroxylation is 1. The van der Waals surface area contributed by atoms with Crippen LogP contribution in [0, 0.1) is 6.92 Å². The van der Waals surface area contributed by atoms with Crippen molar-refractivity contribution < 1.29 is 20.1 Å². The Bertz CT molecular complexity index is 671. The second kappa shape index (κ2) is 7.62. The number of anilines is 3. The number of carbonyl (C=O) groups is 1. The van der Waals surface area contributed by atoms with Crippen LogP contribution in [-0.2, 0) is 0 Å². The van der Waals surface area contributed by atoms with Gasteiger partial charge in [0.1, 0.15) is 0 Å². The number of aliphatic hydroxyl groups is 2. The highest BCUT2D eigenvalue weighted by molar-refractivity contribution is 5.99. The number of hydrogen-bond donors (Lipinski definition) is 5. The molecule has 0 aromatic heterocycles. The maximum absolute atomic E-state index is 11.5. The third-order valence-corrected chi connectivity index (χ3v) is 3.35. The van der Waals surface area contributed by atoms with Crippen LogP contribution in [0.3, 0.4) is 0 Å². The predicted molar refractivity (Wildman–Crippen MR) is 89.4 cm³/mol. The fourth-order valence-corrected chi connectivity index (χ4v) is 2.09.